The van der Waals surface area contributed by atoms with Crippen molar-refractivity contribution in [2.75, 3.05) is 12.8 Å². The van der Waals surface area contributed by atoms with E-state index in [1.807, 2.05) is 0 Å². The summed E-state index contributed by atoms with van der Waals surface area (Å²) in [5.41, 5.74) is 6.82. The van der Waals surface area contributed by atoms with Gasteiger partial charge in [0.25, 0.3) is 0 Å². The molecule has 1 aromatic heterocycles. The molecular weight excluding hydrogens is 197 g/mol. The highest BCUT2D eigenvalue weighted by atomic mass is 19.1. The largest absolute Gasteiger partial charge is 0.492 e. The smallest absolute Gasteiger partial charge is 0.167 e. The molecule has 0 spiro atoms. The Labute approximate surface area is 86.1 Å². The van der Waals surface area contributed by atoms with Crippen molar-refractivity contribution < 1.29 is 9.13 Å². The first-order valence-electron chi connectivity index (χ1n) is 4.35. The first-order valence-corrected chi connectivity index (χ1v) is 4.35. The van der Waals surface area contributed by atoms with Crippen molar-refractivity contribution in [2.24, 2.45) is 0 Å². The van der Waals surface area contributed by atoms with Crippen LogP contribution in [0.25, 0.3) is 5.69 Å². The number of anilines is 1. The Morgan fingerprint density at radius 1 is 1.47 bits per heavy atom. The SMILES string of the molecule is COc1c(N)cccc1-n1cc(F)cn1. The maximum absolute atomic E-state index is 12.8. The van der Waals surface area contributed by atoms with E-state index in [2.05, 4.69) is 5.10 Å². The molecule has 0 amide bonds. The zero-order valence-electron chi connectivity index (χ0n) is 8.14. The third-order valence-electron chi connectivity index (χ3n) is 2.03. The molecule has 2 N–H and O–H groups in total. The quantitative estimate of drug-likeness (QED) is 0.761. The van der Waals surface area contributed by atoms with Gasteiger partial charge < -0.3 is 10.5 Å². The normalized spacial score (nSPS) is 10.3. The first kappa shape index (κ1) is 9.51. The molecule has 0 unspecified atom stereocenters. The highest BCUT2D eigenvalue weighted by Crippen LogP contribution is 2.28. The second kappa shape index (κ2) is 3.61. The number of nitrogen functional groups attached to an aromatic ring is 1. The van der Waals surface area contributed by atoms with E-state index in [4.69, 9.17) is 10.5 Å². The van der Waals surface area contributed by atoms with Gasteiger partial charge >= 0.3 is 0 Å². The van der Waals surface area contributed by atoms with Crippen LogP contribution in [0.4, 0.5) is 10.1 Å². The maximum atomic E-state index is 12.8. The van der Waals surface area contributed by atoms with Crippen LogP contribution >= 0.6 is 0 Å². The van der Waals surface area contributed by atoms with Gasteiger partial charge in [0.15, 0.2) is 11.6 Å². The molecule has 4 nitrogen and oxygen atoms in total. The van der Waals surface area contributed by atoms with E-state index in [9.17, 15) is 4.39 Å². The van der Waals surface area contributed by atoms with E-state index in [0.717, 1.165) is 6.20 Å². The van der Waals surface area contributed by atoms with E-state index < -0.39 is 5.82 Å². The summed E-state index contributed by atoms with van der Waals surface area (Å²) in [6.07, 6.45) is 2.39. The molecule has 0 aliphatic carbocycles. The predicted octanol–water partition coefficient (Wildman–Crippen LogP) is 1.60. The Bertz CT molecular complexity index is 481. The molecule has 2 aromatic rings. The summed E-state index contributed by atoms with van der Waals surface area (Å²) in [7, 11) is 1.51. The van der Waals surface area contributed by atoms with Crippen molar-refractivity contribution in [1.82, 2.24) is 9.78 Å². The van der Waals surface area contributed by atoms with Gasteiger partial charge in [0.1, 0.15) is 5.69 Å². The standard InChI is InChI=1S/C10H10FN3O/c1-15-10-8(12)3-2-4-9(10)14-6-7(11)5-13-14/h2-6H,12H2,1H3. The fourth-order valence-corrected chi connectivity index (χ4v) is 1.38. The average Bonchev–Trinajstić information content (AvgIpc) is 2.64. The third kappa shape index (κ3) is 1.63. The van der Waals surface area contributed by atoms with Crippen LogP contribution in [0.3, 0.4) is 0 Å². The summed E-state index contributed by atoms with van der Waals surface area (Å²) in [5, 5.41) is 3.84. The van der Waals surface area contributed by atoms with Crippen LogP contribution in [0.1, 0.15) is 0 Å². The molecule has 78 valence electrons. The fraction of sp³-hybridized carbons (Fsp3) is 0.100. The van der Waals surface area contributed by atoms with Crippen molar-refractivity contribution >= 4 is 5.69 Å². The van der Waals surface area contributed by atoms with Crippen molar-refractivity contribution in [2.45, 2.75) is 0 Å². The molecule has 0 saturated carbocycles. The van der Waals surface area contributed by atoms with Crippen LogP contribution in [-0.4, -0.2) is 16.9 Å². The molecule has 5 heteroatoms. The highest BCUT2D eigenvalue weighted by Gasteiger charge is 2.09. The zero-order valence-corrected chi connectivity index (χ0v) is 8.14. The summed E-state index contributed by atoms with van der Waals surface area (Å²) in [4.78, 5) is 0. The van der Waals surface area contributed by atoms with Gasteiger partial charge in [-0.25, -0.2) is 9.07 Å². The third-order valence-corrected chi connectivity index (χ3v) is 2.03. The van der Waals surface area contributed by atoms with E-state index in [1.165, 1.54) is 18.0 Å². The maximum Gasteiger partial charge on any atom is 0.167 e. The van der Waals surface area contributed by atoms with Crippen molar-refractivity contribution in [3.63, 3.8) is 0 Å². The molecule has 0 atom stereocenters. The van der Waals surface area contributed by atoms with E-state index in [0.29, 0.717) is 17.1 Å². The Morgan fingerprint density at radius 2 is 2.27 bits per heavy atom. The van der Waals surface area contributed by atoms with Crippen LogP contribution in [0.2, 0.25) is 0 Å². The monoisotopic (exact) mass is 207 g/mol. The van der Waals surface area contributed by atoms with Crippen LogP contribution in [-0.2, 0) is 0 Å². The van der Waals surface area contributed by atoms with Crippen LogP contribution in [0.15, 0.2) is 30.6 Å². The Morgan fingerprint density at radius 3 is 2.87 bits per heavy atom. The minimum Gasteiger partial charge on any atom is -0.492 e. The molecule has 0 aliphatic heterocycles. The second-order valence-electron chi connectivity index (χ2n) is 3.00. The Balaban J connectivity index is 2.57. The van der Waals surface area contributed by atoms with E-state index in [-0.39, 0.29) is 0 Å². The van der Waals surface area contributed by atoms with Crippen molar-refractivity contribution in [3.8, 4) is 11.4 Å². The number of rotatable bonds is 2. The summed E-state index contributed by atoms with van der Waals surface area (Å²) < 4.78 is 19.3. The molecule has 0 radical (unpaired) electrons. The van der Waals surface area contributed by atoms with Crippen molar-refractivity contribution in [1.29, 1.82) is 0 Å². The van der Waals surface area contributed by atoms with Gasteiger partial charge in [0.05, 0.1) is 25.2 Å². The van der Waals surface area contributed by atoms with Gasteiger partial charge in [0.2, 0.25) is 0 Å². The van der Waals surface area contributed by atoms with E-state index >= 15 is 0 Å². The van der Waals surface area contributed by atoms with Crippen LogP contribution in [0.5, 0.6) is 5.75 Å². The molecule has 1 aromatic carbocycles. The molecule has 0 aliphatic rings. The number of halogens is 1. The van der Waals surface area contributed by atoms with Gasteiger partial charge in [0, 0.05) is 0 Å². The zero-order chi connectivity index (χ0) is 10.8. The summed E-state index contributed by atoms with van der Waals surface area (Å²) >= 11 is 0. The topological polar surface area (TPSA) is 53.1 Å². The molecule has 1 heterocycles. The van der Waals surface area contributed by atoms with Crippen LogP contribution in [0, 0.1) is 5.82 Å². The predicted molar refractivity (Wildman–Crippen MR) is 54.5 cm³/mol. The average molecular weight is 207 g/mol. The fourth-order valence-electron chi connectivity index (χ4n) is 1.38. The number of benzene rings is 1. The number of ether oxygens (including phenoxy) is 1. The number of nitrogens with two attached hydrogens (primary N) is 1. The molecule has 0 bridgehead atoms. The second-order valence-corrected chi connectivity index (χ2v) is 3.00. The minimum atomic E-state index is -0.403. The molecule has 15 heavy (non-hydrogen) atoms. The number of methoxy groups -OCH3 is 1. The van der Waals surface area contributed by atoms with Gasteiger partial charge in [-0.1, -0.05) is 6.07 Å². The van der Waals surface area contributed by atoms with E-state index in [1.54, 1.807) is 18.2 Å². The van der Waals surface area contributed by atoms with Crippen LogP contribution < -0.4 is 10.5 Å². The number of hydrogen-bond acceptors (Lipinski definition) is 3. The van der Waals surface area contributed by atoms with Crippen molar-refractivity contribution in [3.05, 3.63) is 36.4 Å². The first-order chi connectivity index (χ1) is 7.22. The lowest BCUT2D eigenvalue weighted by atomic mass is 10.2. The molecular formula is C10H10FN3O. The summed E-state index contributed by atoms with van der Waals surface area (Å²) in [6.45, 7) is 0. The number of para-hydroxylation sites is 1. The lowest BCUT2D eigenvalue weighted by Crippen LogP contribution is -2.01. The summed E-state index contributed by atoms with van der Waals surface area (Å²) in [6, 6.07) is 5.22. The number of aromatic nitrogens is 2. The summed E-state index contributed by atoms with van der Waals surface area (Å²) in [5.74, 6) is 0.0834. The minimum absolute atomic E-state index is 0.403. The molecule has 2 rings (SSSR count). The number of hydrogen-bond donors (Lipinski definition) is 1. The molecule has 0 fully saturated rings. The van der Waals surface area contributed by atoms with Gasteiger partial charge in [-0.15, -0.1) is 0 Å². The molecule has 0 saturated heterocycles. The lowest BCUT2D eigenvalue weighted by Gasteiger charge is -2.10. The van der Waals surface area contributed by atoms with Gasteiger partial charge in [-0.3, -0.25) is 0 Å². The highest BCUT2D eigenvalue weighted by molar-refractivity contribution is 5.63. The van der Waals surface area contributed by atoms with Gasteiger partial charge in [-0.2, -0.15) is 5.10 Å². The Kier molecular flexibility index (Phi) is 2.29. The number of nitrogens with zero attached hydrogens (tertiary/aromatic N) is 2. The van der Waals surface area contributed by atoms with Gasteiger partial charge in [-0.05, 0) is 12.1 Å². The Hall–Kier alpha value is -2.04. The lowest BCUT2D eigenvalue weighted by molar-refractivity contribution is 0.414.